The molecule has 5 nitrogen and oxygen atoms in total. The van der Waals surface area contributed by atoms with E-state index in [9.17, 15) is 13.2 Å². The van der Waals surface area contributed by atoms with Crippen molar-refractivity contribution >= 4 is 21.7 Å². The van der Waals surface area contributed by atoms with Gasteiger partial charge in [0.2, 0.25) is 0 Å². The Morgan fingerprint density at radius 1 is 1.04 bits per heavy atom. The minimum absolute atomic E-state index is 0.139. The van der Waals surface area contributed by atoms with Crippen molar-refractivity contribution in [2.75, 3.05) is 10.8 Å². The van der Waals surface area contributed by atoms with E-state index in [1.807, 2.05) is 26.0 Å². The number of nitrogens with zero attached hydrogens (tertiary/aromatic N) is 1. The van der Waals surface area contributed by atoms with Gasteiger partial charge in [-0.3, -0.25) is 9.10 Å². The zero-order valence-electron chi connectivity index (χ0n) is 15.6. The molecule has 140 valence electrons. The minimum atomic E-state index is -3.89. The number of rotatable bonds is 7. The Morgan fingerprint density at radius 3 is 2.12 bits per heavy atom. The zero-order chi connectivity index (χ0) is 19.3. The summed E-state index contributed by atoms with van der Waals surface area (Å²) in [6.07, 6.45) is 0.536. The van der Waals surface area contributed by atoms with Gasteiger partial charge in [-0.25, -0.2) is 8.42 Å². The molecule has 2 aromatic carbocycles. The summed E-state index contributed by atoms with van der Waals surface area (Å²) in [6, 6.07) is 13.7. The first-order valence-electron chi connectivity index (χ1n) is 8.62. The number of ether oxygens (including phenoxy) is 1. The van der Waals surface area contributed by atoms with Gasteiger partial charge in [-0.1, -0.05) is 36.8 Å². The number of hydrogen-bond acceptors (Lipinski definition) is 4. The van der Waals surface area contributed by atoms with Crippen molar-refractivity contribution in [1.29, 1.82) is 0 Å². The lowest BCUT2D eigenvalue weighted by Crippen LogP contribution is -2.37. The Hall–Kier alpha value is -2.34. The molecule has 0 fully saturated rings. The lowest BCUT2D eigenvalue weighted by atomic mass is 10.1. The predicted octanol–water partition coefficient (Wildman–Crippen LogP) is 3.70. The van der Waals surface area contributed by atoms with E-state index < -0.39 is 16.0 Å². The van der Waals surface area contributed by atoms with Crippen LogP contribution in [0, 0.1) is 6.92 Å². The number of esters is 1. The van der Waals surface area contributed by atoms with Gasteiger partial charge in [0.25, 0.3) is 10.0 Å². The maximum Gasteiger partial charge on any atom is 0.327 e. The second kappa shape index (κ2) is 8.36. The Balaban J connectivity index is 2.44. The highest BCUT2D eigenvalue weighted by atomic mass is 32.2. The highest BCUT2D eigenvalue weighted by molar-refractivity contribution is 7.92. The molecular weight excluding hydrogens is 350 g/mol. The number of sulfonamides is 1. The van der Waals surface area contributed by atoms with Crippen molar-refractivity contribution in [2.45, 2.75) is 45.1 Å². The van der Waals surface area contributed by atoms with Crippen molar-refractivity contribution in [3.05, 3.63) is 59.7 Å². The molecule has 0 aliphatic carbocycles. The van der Waals surface area contributed by atoms with Gasteiger partial charge in [0, 0.05) is 0 Å². The first-order valence-corrected chi connectivity index (χ1v) is 10.1. The second-order valence-corrected chi connectivity index (χ2v) is 8.25. The molecular formula is C20H25NO4S. The first kappa shape index (κ1) is 20.0. The van der Waals surface area contributed by atoms with Crippen LogP contribution in [0.15, 0.2) is 53.4 Å². The van der Waals surface area contributed by atoms with E-state index in [0.717, 1.165) is 21.9 Å². The average molecular weight is 375 g/mol. The second-order valence-electron chi connectivity index (χ2n) is 6.38. The minimum Gasteiger partial charge on any atom is -0.462 e. The summed E-state index contributed by atoms with van der Waals surface area (Å²) < 4.78 is 32.5. The molecule has 0 aliphatic heterocycles. The summed E-state index contributed by atoms with van der Waals surface area (Å²) in [5.74, 6) is -0.588. The summed E-state index contributed by atoms with van der Waals surface area (Å²) in [5, 5.41) is 0. The number of anilines is 1. The third-order valence-corrected chi connectivity index (χ3v) is 5.67. The smallest absolute Gasteiger partial charge is 0.327 e. The van der Waals surface area contributed by atoms with E-state index in [0.29, 0.717) is 5.69 Å². The number of carbonyl (C=O) groups excluding carboxylic acids is 1. The van der Waals surface area contributed by atoms with Gasteiger partial charge in [0.05, 0.1) is 16.7 Å². The van der Waals surface area contributed by atoms with Gasteiger partial charge in [0.1, 0.15) is 6.54 Å². The Morgan fingerprint density at radius 2 is 1.62 bits per heavy atom. The van der Waals surface area contributed by atoms with Crippen molar-refractivity contribution in [2.24, 2.45) is 0 Å². The summed E-state index contributed by atoms with van der Waals surface area (Å²) in [7, 11) is -3.89. The van der Waals surface area contributed by atoms with Crippen LogP contribution in [0.1, 0.15) is 31.9 Å². The van der Waals surface area contributed by atoms with Crippen LogP contribution in [0.5, 0.6) is 0 Å². The fourth-order valence-electron chi connectivity index (χ4n) is 2.47. The van der Waals surface area contributed by atoms with Gasteiger partial charge in [-0.15, -0.1) is 0 Å². The Labute approximate surface area is 155 Å². The topological polar surface area (TPSA) is 63.7 Å². The van der Waals surface area contributed by atoms with E-state index >= 15 is 0 Å². The monoisotopic (exact) mass is 375 g/mol. The van der Waals surface area contributed by atoms with Gasteiger partial charge in [-0.05, 0) is 57.0 Å². The Bertz CT molecular complexity index is 840. The van der Waals surface area contributed by atoms with E-state index in [1.165, 1.54) is 0 Å². The number of hydrogen-bond donors (Lipinski definition) is 0. The molecule has 0 saturated carbocycles. The van der Waals surface area contributed by atoms with Crippen molar-refractivity contribution in [3.8, 4) is 0 Å². The van der Waals surface area contributed by atoms with Crippen LogP contribution < -0.4 is 4.31 Å². The van der Waals surface area contributed by atoms with Crippen molar-refractivity contribution < 1.29 is 17.9 Å². The lowest BCUT2D eigenvalue weighted by Gasteiger charge is -2.24. The molecule has 0 N–H and O–H groups in total. The normalized spacial score (nSPS) is 11.4. The van der Waals surface area contributed by atoms with Crippen LogP contribution in [0.4, 0.5) is 5.69 Å². The molecule has 0 aromatic heterocycles. The molecule has 0 saturated heterocycles. The molecule has 26 heavy (non-hydrogen) atoms. The molecule has 6 heteroatoms. The maximum atomic E-state index is 13.1. The van der Waals surface area contributed by atoms with E-state index in [1.54, 1.807) is 50.2 Å². The van der Waals surface area contributed by atoms with Crippen LogP contribution in [0.3, 0.4) is 0 Å². The summed E-state index contributed by atoms with van der Waals surface area (Å²) in [6.45, 7) is 6.99. The predicted molar refractivity (Wildman–Crippen MR) is 103 cm³/mol. The summed E-state index contributed by atoms with van der Waals surface area (Å²) in [4.78, 5) is 12.3. The maximum absolute atomic E-state index is 13.1. The van der Waals surface area contributed by atoms with E-state index in [4.69, 9.17) is 4.74 Å². The van der Waals surface area contributed by atoms with Crippen LogP contribution in [-0.2, 0) is 26.0 Å². The SMILES string of the molecule is CCc1ccc(N(CC(=O)OC(C)C)S(=O)(=O)c2ccc(C)cc2)cc1. The third-order valence-electron chi connectivity index (χ3n) is 3.88. The fourth-order valence-corrected chi connectivity index (χ4v) is 3.88. The number of benzene rings is 2. The zero-order valence-corrected chi connectivity index (χ0v) is 16.4. The summed E-state index contributed by atoms with van der Waals surface area (Å²) >= 11 is 0. The summed E-state index contributed by atoms with van der Waals surface area (Å²) in [5.41, 5.74) is 2.48. The highest BCUT2D eigenvalue weighted by Crippen LogP contribution is 2.24. The van der Waals surface area contributed by atoms with Crippen LogP contribution in [0.2, 0.25) is 0 Å². The van der Waals surface area contributed by atoms with Gasteiger partial charge in [-0.2, -0.15) is 0 Å². The van der Waals surface area contributed by atoms with Gasteiger partial charge >= 0.3 is 5.97 Å². The highest BCUT2D eigenvalue weighted by Gasteiger charge is 2.28. The quantitative estimate of drug-likeness (QED) is 0.692. The molecule has 0 spiro atoms. The third kappa shape index (κ3) is 4.85. The van der Waals surface area contributed by atoms with Crippen molar-refractivity contribution in [3.63, 3.8) is 0 Å². The van der Waals surface area contributed by atoms with E-state index in [2.05, 4.69) is 0 Å². The molecule has 0 unspecified atom stereocenters. The molecule has 0 radical (unpaired) electrons. The fraction of sp³-hybridized carbons (Fsp3) is 0.350. The molecule has 0 amide bonds. The average Bonchev–Trinajstić information content (AvgIpc) is 2.59. The molecule has 2 rings (SSSR count). The van der Waals surface area contributed by atoms with Crippen LogP contribution in [-0.4, -0.2) is 27.0 Å². The molecule has 0 heterocycles. The van der Waals surface area contributed by atoms with Gasteiger partial charge in [0.15, 0.2) is 0 Å². The number of carbonyl (C=O) groups is 1. The largest absolute Gasteiger partial charge is 0.462 e. The Kier molecular flexibility index (Phi) is 6.42. The van der Waals surface area contributed by atoms with Crippen LogP contribution in [0.25, 0.3) is 0 Å². The van der Waals surface area contributed by atoms with Crippen molar-refractivity contribution in [1.82, 2.24) is 0 Å². The standard InChI is InChI=1S/C20H25NO4S/c1-5-17-8-10-18(11-9-17)21(14-20(22)25-15(2)3)26(23,24)19-12-6-16(4)7-13-19/h6-13,15H,5,14H2,1-4H3. The van der Waals surface area contributed by atoms with E-state index in [-0.39, 0.29) is 17.5 Å². The lowest BCUT2D eigenvalue weighted by molar-refractivity contribution is -0.145. The first-order chi connectivity index (χ1) is 12.2. The van der Waals surface area contributed by atoms with Crippen LogP contribution >= 0.6 is 0 Å². The molecule has 0 atom stereocenters. The molecule has 0 bridgehead atoms. The van der Waals surface area contributed by atoms with Gasteiger partial charge < -0.3 is 4.74 Å². The molecule has 2 aromatic rings. The number of aryl methyl sites for hydroxylation is 2. The molecule has 0 aliphatic rings.